The van der Waals surface area contributed by atoms with E-state index < -0.39 is 16.6 Å². The zero-order valence-electron chi connectivity index (χ0n) is 15.0. The third-order valence-corrected chi connectivity index (χ3v) is 5.25. The maximum absolute atomic E-state index is 13.5. The molecule has 1 atom stereocenters. The Bertz CT molecular complexity index is 807. The molecule has 0 bridgehead atoms. The lowest BCUT2D eigenvalue weighted by molar-refractivity contribution is -0.136. The number of hydrogen-bond acceptors (Lipinski definition) is 3. The molecule has 6 heteroatoms. The summed E-state index contributed by atoms with van der Waals surface area (Å²) < 4.78 is 13.5. The molecule has 2 aromatic carbocycles. The van der Waals surface area contributed by atoms with Crippen LogP contribution in [0.1, 0.15) is 36.7 Å². The van der Waals surface area contributed by atoms with Crippen LogP contribution in [0, 0.1) is 5.82 Å². The van der Waals surface area contributed by atoms with Gasteiger partial charge >= 0.3 is 5.97 Å². The largest absolute Gasteiger partial charge is 0.480 e. The number of benzene rings is 2. The van der Waals surface area contributed by atoms with Crippen molar-refractivity contribution in [3.05, 3.63) is 65.5 Å². The molecular formula is C20H22FNO3S. The highest BCUT2D eigenvalue weighted by Crippen LogP contribution is 2.28. The van der Waals surface area contributed by atoms with E-state index in [9.17, 15) is 14.0 Å². The highest BCUT2D eigenvalue weighted by atomic mass is 32.2. The topological polar surface area (TPSA) is 66.4 Å². The van der Waals surface area contributed by atoms with Crippen molar-refractivity contribution >= 4 is 23.6 Å². The lowest BCUT2D eigenvalue weighted by Gasteiger charge is -2.26. The van der Waals surface area contributed by atoms with Gasteiger partial charge in [-0.05, 0) is 36.8 Å². The standard InChI is InChI=1S/C20H22FNO3S/c1-13(19(24)25)26-17-10-5-4-9-16(17)18(23)22-12-20(2,3)14-7-6-8-15(21)11-14/h4-11,13H,12H2,1-3H3,(H,22,23)(H,24,25). The van der Waals surface area contributed by atoms with Crippen LogP contribution in [0.5, 0.6) is 0 Å². The van der Waals surface area contributed by atoms with Gasteiger partial charge in [0, 0.05) is 16.9 Å². The molecule has 2 N–H and O–H groups in total. The van der Waals surface area contributed by atoms with Crippen molar-refractivity contribution in [2.75, 3.05) is 6.54 Å². The van der Waals surface area contributed by atoms with Gasteiger partial charge in [0.15, 0.2) is 0 Å². The second-order valence-corrected chi connectivity index (χ2v) is 8.05. The molecule has 138 valence electrons. The molecular weight excluding hydrogens is 353 g/mol. The summed E-state index contributed by atoms with van der Waals surface area (Å²) in [5.74, 6) is -1.53. The zero-order chi connectivity index (χ0) is 19.3. The van der Waals surface area contributed by atoms with E-state index in [0.717, 1.165) is 17.3 Å². The highest BCUT2D eigenvalue weighted by molar-refractivity contribution is 8.00. The average Bonchev–Trinajstić information content (AvgIpc) is 2.60. The van der Waals surface area contributed by atoms with Crippen LogP contribution in [0.2, 0.25) is 0 Å². The second-order valence-electron chi connectivity index (χ2n) is 6.67. The third kappa shape index (κ3) is 5.08. The van der Waals surface area contributed by atoms with E-state index >= 15 is 0 Å². The van der Waals surface area contributed by atoms with Crippen LogP contribution in [0.15, 0.2) is 53.4 Å². The number of thioether (sulfide) groups is 1. The Labute approximate surface area is 156 Å². The molecule has 0 aliphatic heterocycles. The summed E-state index contributed by atoms with van der Waals surface area (Å²) >= 11 is 1.13. The summed E-state index contributed by atoms with van der Waals surface area (Å²) in [5.41, 5.74) is 0.773. The Morgan fingerprint density at radius 2 is 1.88 bits per heavy atom. The van der Waals surface area contributed by atoms with Crippen LogP contribution < -0.4 is 5.32 Å². The van der Waals surface area contributed by atoms with Gasteiger partial charge in [0.2, 0.25) is 0 Å². The molecule has 0 radical (unpaired) electrons. The predicted molar refractivity (Wildman–Crippen MR) is 101 cm³/mol. The second kappa shape index (κ2) is 8.36. The number of carbonyl (C=O) groups excluding carboxylic acids is 1. The molecule has 0 aromatic heterocycles. The summed E-state index contributed by atoms with van der Waals surface area (Å²) in [6.45, 7) is 5.75. The molecule has 4 nitrogen and oxygen atoms in total. The fourth-order valence-electron chi connectivity index (χ4n) is 2.41. The first-order chi connectivity index (χ1) is 12.2. The van der Waals surface area contributed by atoms with Gasteiger partial charge in [-0.15, -0.1) is 11.8 Å². The number of halogens is 1. The first-order valence-corrected chi connectivity index (χ1v) is 9.11. The number of aliphatic carboxylic acids is 1. The lowest BCUT2D eigenvalue weighted by Crippen LogP contribution is -2.37. The number of carboxylic acid groups (broad SMARTS) is 1. The van der Waals surface area contributed by atoms with Crippen molar-refractivity contribution in [3.63, 3.8) is 0 Å². The first-order valence-electron chi connectivity index (χ1n) is 8.23. The molecule has 0 saturated carbocycles. The number of amides is 1. The van der Waals surface area contributed by atoms with Crippen molar-refractivity contribution in [1.29, 1.82) is 0 Å². The Kier molecular flexibility index (Phi) is 6.42. The number of carbonyl (C=O) groups is 2. The summed E-state index contributed by atoms with van der Waals surface area (Å²) in [6.07, 6.45) is 0. The number of rotatable bonds is 7. The fraction of sp³-hybridized carbons (Fsp3) is 0.300. The van der Waals surface area contributed by atoms with Crippen molar-refractivity contribution in [2.45, 2.75) is 36.3 Å². The Balaban J connectivity index is 2.12. The minimum atomic E-state index is -0.933. The van der Waals surface area contributed by atoms with Crippen LogP contribution in [-0.4, -0.2) is 28.8 Å². The minimum Gasteiger partial charge on any atom is -0.480 e. The molecule has 0 saturated heterocycles. The molecule has 0 aliphatic rings. The minimum absolute atomic E-state index is 0.282. The van der Waals surface area contributed by atoms with Crippen molar-refractivity contribution in [1.82, 2.24) is 5.32 Å². The van der Waals surface area contributed by atoms with Gasteiger partial charge in [0.1, 0.15) is 11.1 Å². The molecule has 0 heterocycles. The van der Waals surface area contributed by atoms with Crippen LogP contribution in [0.25, 0.3) is 0 Å². The normalized spacial score (nSPS) is 12.5. The molecule has 26 heavy (non-hydrogen) atoms. The zero-order valence-corrected chi connectivity index (χ0v) is 15.8. The van der Waals surface area contributed by atoms with Gasteiger partial charge in [-0.2, -0.15) is 0 Å². The maximum Gasteiger partial charge on any atom is 0.316 e. The van der Waals surface area contributed by atoms with Gasteiger partial charge in [-0.1, -0.05) is 38.1 Å². The van der Waals surface area contributed by atoms with Crippen LogP contribution >= 0.6 is 11.8 Å². The Morgan fingerprint density at radius 3 is 2.54 bits per heavy atom. The molecule has 0 fully saturated rings. The van der Waals surface area contributed by atoms with E-state index in [4.69, 9.17) is 5.11 Å². The summed E-state index contributed by atoms with van der Waals surface area (Å²) in [4.78, 5) is 24.3. The Morgan fingerprint density at radius 1 is 1.19 bits per heavy atom. The number of hydrogen-bond donors (Lipinski definition) is 2. The van der Waals surface area contributed by atoms with E-state index in [-0.39, 0.29) is 11.7 Å². The molecule has 2 aromatic rings. The molecule has 1 amide bonds. The average molecular weight is 375 g/mol. The summed E-state index contributed by atoms with van der Waals surface area (Å²) in [6, 6.07) is 13.2. The quantitative estimate of drug-likeness (QED) is 0.715. The molecule has 0 spiro atoms. The first kappa shape index (κ1) is 20.0. The van der Waals surface area contributed by atoms with Gasteiger partial charge < -0.3 is 10.4 Å². The smallest absolute Gasteiger partial charge is 0.316 e. The van der Waals surface area contributed by atoms with Crippen molar-refractivity contribution in [2.24, 2.45) is 0 Å². The maximum atomic E-state index is 13.5. The van der Waals surface area contributed by atoms with Crippen LogP contribution in [-0.2, 0) is 10.2 Å². The van der Waals surface area contributed by atoms with Gasteiger partial charge in [0.05, 0.1) is 5.56 Å². The van der Waals surface area contributed by atoms with Crippen LogP contribution in [0.3, 0.4) is 0 Å². The van der Waals surface area contributed by atoms with Crippen molar-refractivity contribution < 1.29 is 19.1 Å². The van der Waals surface area contributed by atoms with E-state index in [2.05, 4.69) is 5.32 Å². The number of carboxylic acids is 1. The van der Waals surface area contributed by atoms with E-state index in [0.29, 0.717) is 17.0 Å². The van der Waals surface area contributed by atoms with Gasteiger partial charge in [0.25, 0.3) is 5.91 Å². The van der Waals surface area contributed by atoms with Gasteiger partial charge in [-0.3, -0.25) is 9.59 Å². The summed E-state index contributed by atoms with van der Waals surface area (Å²) in [7, 11) is 0. The fourth-order valence-corrected chi connectivity index (χ4v) is 3.33. The molecule has 2 rings (SSSR count). The number of nitrogens with one attached hydrogen (secondary N) is 1. The van der Waals surface area contributed by atoms with E-state index in [1.165, 1.54) is 12.1 Å². The SMILES string of the molecule is CC(Sc1ccccc1C(=O)NCC(C)(C)c1cccc(F)c1)C(=O)O. The van der Waals surface area contributed by atoms with Gasteiger partial charge in [-0.25, -0.2) is 4.39 Å². The molecule has 1 unspecified atom stereocenters. The summed E-state index contributed by atoms with van der Waals surface area (Å²) in [5, 5.41) is 11.3. The van der Waals surface area contributed by atoms with Crippen molar-refractivity contribution in [3.8, 4) is 0 Å². The Hall–Kier alpha value is -2.34. The lowest BCUT2D eigenvalue weighted by atomic mass is 9.84. The van der Waals surface area contributed by atoms with E-state index in [1.54, 1.807) is 37.3 Å². The monoisotopic (exact) mass is 375 g/mol. The van der Waals surface area contributed by atoms with E-state index in [1.807, 2.05) is 19.9 Å². The highest BCUT2D eigenvalue weighted by Gasteiger charge is 2.23. The van der Waals surface area contributed by atoms with Crippen LogP contribution in [0.4, 0.5) is 4.39 Å². The predicted octanol–water partition coefficient (Wildman–Crippen LogP) is 4.10. The third-order valence-electron chi connectivity index (χ3n) is 4.08. The molecule has 0 aliphatic carbocycles.